The van der Waals surface area contributed by atoms with Gasteiger partial charge in [0.15, 0.2) is 5.82 Å². The summed E-state index contributed by atoms with van der Waals surface area (Å²) < 4.78 is 5.46. The molecule has 0 saturated heterocycles. The Balaban J connectivity index is 2.06. The molecular weight excluding hydrogens is 282 g/mol. The van der Waals surface area contributed by atoms with E-state index in [-0.39, 0.29) is 5.41 Å². The molecule has 114 valence electrons. The summed E-state index contributed by atoms with van der Waals surface area (Å²) in [5.41, 5.74) is 6.99. The molecule has 0 aliphatic heterocycles. The molecule has 4 nitrogen and oxygen atoms in total. The molecule has 0 aliphatic rings. The Hall–Kier alpha value is -1.33. The highest BCUT2D eigenvalue weighted by atomic mass is 32.2. The molecule has 2 aromatic rings. The van der Waals surface area contributed by atoms with Crippen molar-refractivity contribution in [2.45, 2.75) is 49.7 Å². The smallest absolute Gasteiger partial charge is 0.234 e. The van der Waals surface area contributed by atoms with Gasteiger partial charge in [0.25, 0.3) is 0 Å². The predicted molar refractivity (Wildman–Crippen MR) is 86.4 cm³/mol. The van der Waals surface area contributed by atoms with Gasteiger partial charge in [0.1, 0.15) is 0 Å². The molecular formula is C16H23N3OS. The highest BCUT2D eigenvalue weighted by Gasteiger charge is 2.33. The molecule has 0 fully saturated rings. The second kappa shape index (κ2) is 7.09. The van der Waals surface area contributed by atoms with E-state index in [2.05, 4.69) is 55.2 Å². The Morgan fingerprint density at radius 2 is 2.05 bits per heavy atom. The van der Waals surface area contributed by atoms with Crippen molar-refractivity contribution in [1.82, 2.24) is 10.1 Å². The van der Waals surface area contributed by atoms with Crippen LogP contribution in [0.5, 0.6) is 0 Å². The van der Waals surface area contributed by atoms with E-state index in [1.165, 1.54) is 10.5 Å². The second-order valence-electron chi connectivity index (χ2n) is 5.31. The third kappa shape index (κ3) is 3.66. The molecule has 0 aliphatic carbocycles. The van der Waals surface area contributed by atoms with Gasteiger partial charge in [-0.15, -0.1) is 11.8 Å². The number of hydrogen-bond donors (Lipinski definition) is 1. The Labute approximate surface area is 130 Å². The fraction of sp³-hybridized carbons (Fsp3) is 0.500. The van der Waals surface area contributed by atoms with Gasteiger partial charge in [-0.1, -0.05) is 36.7 Å². The Morgan fingerprint density at radius 1 is 1.29 bits per heavy atom. The predicted octanol–water partition coefficient (Wildman–Crippen LogP) is 3.69. The second-order valence-corrected chi connectivity index (χ2v) is 6.36. The lowest BCUT2D eigenvalue weighted by Gasteiger charge is -2.24. The van der Waals surface area contributed by atoms with Crippen LogP contribution in [0.4, 0.5) is 0 Å². The number of rotatable bonds is 7. The number of aryl methyl sites for hydroxylation is 1. The third-order valence-electron chi connectivity index (χ3n) is 4.02. The first-order chi connectivity index (χ1) is 10.1. The standard InChI is InChI=1S/C16H23N3OS/c1-4-16(5-2,11-17)15-18-14(19-20-15)10-21-13-8-6-7-12(3)9-13/h6-9H,4-5,10-11,17H2,1-3H3. The van der Waals surface area contributed by atoms with Gasteiger partial charge >= 0.3 is 0 Å². The first-order valence-electron chi connectivity index (χ1n) is 7.36. The summed E-state index contributed by atoms with van der Waals surface area (Å²) in [6.07, 6.45) is 1.82. The highest BCUT2D eigenvalue weighted by Crippen LogP contribution is 2.30. The van der Waals surface area contributed by atoms with Gasteiger partial charge in [0.05, 0.1) is 11.2 Å². The van der Waals surface area contributed by atoms with Crippen molar-refractivity contribution in [3.63, 3.8) is 0 Å². The van der Waals surface area contributed by atoms with E-state index < -0.39 is 0 Å². The molecule has 2 N–H and O–H groups in total. The zero-order valence-electron chi connectivity index (χ0n) is 12.9. The summed E-state index contributed by atoms with van der Waals surface area (Å²) in [4.78, 5) is 5.77. The van der Waals surface area contributed by atoms with Crippen LogP contribution in [0, 0.1) is 6.92 Å². The van der Waals surface area contributed by atoms with E-state index in [1.54, 1.807) is 11.8 Å². The molecule has 0 radical (unpaired) electrons. The minimum absolute atomic E-state index is 0.181. The number of hydrogen-bond acceptors (Lipinski definition) is 5. The SMILES string of the molecule is CCC(CC)(CN)c1nc(CSc2cccc(C)c2)no1. The Morgan fingerprint density at radius 3 is 2.67 bits per heavy atom. The van der Waals surface area contributed by atoms with Crippen molar-refractivity contribution in [3.8, 4) is 0 Å². The van der Waals surface area contributed by atoms with Crippen molar-refractivity contribution < 1.29 is 4.52 Å². The fourth-order valence-electron chi connectivity index (χ4n) is 2.31. The number of thioether (sulfide) groups is 1. The molecule has 0 unspecified atom stereocenters. The van der Waals surface area contributed by atoms with Crippen molar-refractivity contribution in [3.05, 3.63) is 41.5 Å². The summed E-state index contributed by atoms with van der Waals surface area (Å²) in [7, 11) is 0. The van der Waals surface area contributed by atoms with Gasteiger partial charge < -0.3 is 10.3 Å². The van der Waals surface area contributed by atoms with E-state index in [4.69, 9.17) is 10.3 Å². The monoisotopic (exact) mass is 305 g/mol. The quantitative estimate of drug-likeness (QED) is 0.790. The lowest BCUT2D eigenvalue weighted by Crippen LogP contribution is -2.34. The molecule has 1 aromatic carbocycles. The summed E-state index contributed by atoms with van der Waals surface area (Å²) in [5, 5.41) is 4.10. The van der Waals surface area contributed by atoms with Crippen LogP contribution in [0.3, 0.4) is 0 Å². The molecule has 1 heterocycles. The van der Waals surface area contributed by atoms with Crippen molar-refractivity contribution >= 4 is 11.8 Å². The summed E-state index contributed by atoms with van der Waals surface area (Å²) >= 11 is 1.72. The lowest BCUT2D eigenvalue weighted by atomic mass is 9.82. The topological polar surface area (TPSA) is 64.9 Å². The maximum atomic E-state index is 5.92. The first-order valence-corrected chi connectivity index (χ1v) is 8.34. The summed E-state index contributed by atoms with van der Waals surface area (Å²) in [5.74, 6) is 2.12. The van der Waals surface area contributed by atoms with Gasteiger partial charge in [0, 0.05) is 11.4 Å². The molecule has 21 heavy (non-hydrogen) atoms. The van der Waals surface area contributed by atoms with Crippen molar-refractivity contribution in [2.75, 3.05) is 6.54 Å². The first kappa shape index (κ1) is 16.0. The zero-order chi connectivity index (χ0) is 15.3. The van der Waals surface area contributed by atoms with Gasteiger partial charge in [-0.25, -0.2) is 0 Å². The summed E-state index contributed by atoms with van der Waals surface area (Å²) in [6, 6.07) is 8.41. The number of nitrogens with two attached hydrogens (primary N) is 1. The van der Waals surface area contributed by atoms with E-state index >= 15 is 0 Å². The van der Waals surface area contributed by atoms with Gasteiger partial charge in [-0.3, -0.25) is 0 Å². The molecule has 2 rings (SSSR count). The third-order valence-corrected chi connectivity index (χ3v) is 5.01. The zero-order valence-corrected chi connectivity index (χ0v) is 13.7. The lowest BCUT2D eigenvalue weighted by molar-refractivity contribution is 0.266. The van der Waals surface area contributed by atoms with Crippen LogP contribution in [0.25, 0.3) is 0 Å². The van der Waals surface area contributed by atoms with E-state index in [0.717, 1.165) is 18.7 Å². The number of aromatic nitrogens is 2. The molecule has 0 atom stereocenters. The van der Waals surface area contributed by atoms with Crippen LogP contribution in [-0.4, -0.2) is 16.7 Å². The molecule has 5 heteroatoms. The molecule has 1 aromatic heterocycles. The minimum atomic E-state index is -0.181. The molecule has 0 bridgehead atoms. The average Bonchev–Trinajstić information content (AvgIpc) is 2.97. The van der Waals surface area contributed by atoms with Gasteiger partial charge in [-0.2, -0.15) is 4.98 Å². The fourth-order valence-corrected chi connectivity index (χ4v) is 3.17. The molecule has 0 saturated carbocycles. The van der Waals surface area contributed by atoms with Crippen molar-refractivity contribution in [2.24, 2.45) is 5.73 Å². The van der Waals surface area contributed by atoms with Gasteiger partial charge in [0.2, 0.25) is 5.89 Å². The van der Waals surface area contributed by atoms with Crippen LogP contribution in [0.2, 0.25) is 0 Å². The molecule has 0 spiro atoms. The van der Waals surface area contributed by atoms with E-state index in [1.807, 2.05) is 0 Å². The average molecular weight is 305 g/mol. The molecule has 0 amide bonds. The number of nitrogens with zero attached hydrogens (tertiary/aromatic N) is 2. The normalized spacial score (nSPS) is 11.8. The summed E-state index contributed by atoms with van der Waals surface area (Å²) in [6.45, 7) is 6.85. The Kier molecular flexibility index (Phi) is 5.42. The van der Waals surface area contributed by atoms with Crippen LogP contribution in [0.1, 0.15) is 44.0 Å². The van der Waals surface area contributed by atoms with Crippen LogP contribution >= 0.6 is 11.8 Å². The van der Waals surface area contributed by atoms with Crippen LogP contribution in [0.15, 0.2) is 33.7 Å². The minimum Gasteiger partial charge on any atom is -0.339 e. The Bertz CT molecular complexity index is 570. The highest BCUT2D eigenvalue weighted by molar-refractivity contribution is 7.98. The maximum absolute atomic E-state index is 5.92. The van der Waals surface area contributed by atoms with Crippen LogP contribution < -0.4 is 5.73 Å². The van der Waals surface area contributed by atoms with E-state index in [9.17, 15) is 0 Å². The van der Waals surface area contributed by atoms with E-state index in [0.29, 0.717) is 18.2 Å². The van der Waals surface area contributed by atoms with Gasteiger partial charge in [-0.05, 0) is 31.9 Å². The van der Waals surface area contributed by atoms with Crippen LogP contribution in [-0.2, 0) is 11.2 Å². The van der Waals surface area contributed by atoms with Crippen molar-refractivity contribution in [1.29, 1.82) is 0 Å². The maximum Gasteiger partial charge on any atom is 0.234 e. The largest absolute Gasteiger partial charge is 0.339 e. The number of benzene rings is 1.